The number of carbonyl (C=O) groups is 1. The molecule has 3 aromatic carbocycles. The van der Waals surface area contributed by atoms with Crippen LogP contribution in [-0.2, 0) is 21.4 Å². The summed E-state index contributed by atoms with van der Waals surface area (Å²) in [4.78, 5) is 12.8. The zero-order valence-corrected chi connectivity index (χ0v) is 19.9. The lowest BCUT2D eigenvalue weighted by Crippen LogP contribution is -2.40. The molecule has 0 aliphatic heterocycles. The van der Waals surface area contributed by atoms with E-state index in [1.165, 1.54) is 25.3 Å². The Morgan fingerprint density at radius 2 is 1.76 bits per heavy atom. The lowest BCUT2D eigenvalue weighted by molar-refractivity contribution is -0.119. The Hall–Kier alpha value is -3.23. The van der Waals surface area contributed by atoms with Crippen molar-refractivity contribution < 1.29 is 22.7 Å². The zero-order valence-electron chi connectivity index (χ0n) is 18.3. The van der Waals surface area contributed by atoms with E-state index in [-0.39, 0.29) is 17.1 Å². The molecule has 0 saturated carbocycles. The minimum Gasteiger partial charge on any atom is -0.497 e. The second kappa shape index (κ2) is 11.1. The third-order valence-electron chi connectivity index (χ3n) is 4.78. The van der Waals surface area contributed by atoms with Gasteiger partial charge in [0.1, 0.15) is 18.0 Å². The van der Waals surface area contributed by atoms with Crippen LogP contribution in [0.1, 0.15) is 12.5 Å². The maximum Gasteiger partial charge on any atom is 0.264 e. The van der Waals surface area contributed by atoms with Crippen molar-refractivity contribution in [3.05, 3.63) is 83.4 Å². The van der Waals surface area contributed by atoms with Crippen molar-refractivity contribution in [2.75, 3.05) is 24.6 Å². The van der Waals surface area contributed by atoms with Crippen molar-refractivity contribution >= 4 is 33.2 Å². The van der Waals surface area contributed by atoms with Gasteiger partial charge in [-0.1, -0.05) is 35.9 Å². The molecule has 0 bridgehead atoms. The predicted molar refractivity (Wildman–Crippen MR) is 128 cm³/mol. The molecule has 0 aliphatic carbocycles. The molecule has 0 aliphatic rings. The highest BCUT2D eigenvalue weighted by atomic mass is 35.5. The largest absolute Gasteiger partial charge is 0.497 e. The molecule has 1 amide bonds. The van der Waals surface area contributed by atoms with Crippen molar-refractivity contribution in [3.63, 3.8) is 0 Å². The molecule has 0 saturated heterocycles. The van der Waals surface area contributed by atoms with E-state index in [1.807, 2.05) is 31.2 Å². The number of sulfonamides is 1. The third-order valence-corrected chi connectivity index (χ3v) is 6.80. The van der Waals surface area contributed by atoms with Gasteiger partial charge in [-0.05, 0) is 55.5 Å². The zero-order chi connectivity index (χ0) is 23.8. The summed E-state index contributed by atoms with van der Waals surface area (Å²) < 4.78 is 38.6. The molecule has 7 nitrogen and oxygen atoms in total. The molecule has 0 fully saturated rings. The minimum absolute atomic E-state index is 0.0257. The van der Waals surface area contributed by atoms with Crippen LogP contribution >= 0.6 is 11.6 Å². The second-order valence-corrected chi connectivity index (χ2v) is 9.28. The topological polar surface area (TPSA) is 84.9 Å². The van der Waals surface area contributed by atoms with E-state index >= 15 is 0 Å². The number of benzene rings is 3. The van der Waals surface area contributed by atoms with Gasteiger partial charge in [-0.3, -0.25) is 9.10 Å². The SMILES string of the molecule is CCOc1ccccc1CNC(=O)CN(c1cccc(Cl)c1)S(=O)(=O)c1ccc(OC)cc1. The smallest absolute Gasteiger partial charge is 0.264 e. The van der Waals surface area contributed by atoms with Gasteiger partial charge < -0.3 is 14.8 Å². The number of rotatable bonds is 10. The third kappa shape index (κ3) is 6.18. The Labute approximate surface area is 198 Å². The standard InChI is InChI=1S/C24H25ClN2O5S/c1-3-32-23-10-5-4-7-18(23)16-26-24(28)17-27(20-9-6-8-19(25)15-20)33(29,30)22-13-11-21(31-2)12-14-22/h4-15H,3,16-17H2,1-2H3,(H,26,28). The summed E-state index contributed by atoms with van der Waals surface area (Å²) in [6, 6.07) is 19.7. The Morgan fingerprint density at radius 1 is 1.03 bits per heavy atom. The van der Waals surface area contributed by atoms with Crippen LogP contribution in [0.15, 0.2) is 77.7 Å². The van der Waals surface area contributed by atoms with Gasteiger partial charge in [0.15, 0.2) is 0 Å². The van der Waals surface area contributed by atoms with Gasteiger partial charge in [0, 0.05) is 17.1 Å². The molecular formula is C24H25ClN2O5S. The van der Waals surface area contributed by atoms with Crippen molar-refractivity contribution in [1.29, 1.82) is 0 Å². The minimum atomic E-state index is -4.06. The van der Waals surface area contributed by atoms with Crippen molar-refractivity contribution in [1.82, 2.24) is 5.32 Å². The number of amides is 1. The average Bonchev–Trinajstić information content (AvgIpc) is 2.82. The normalized spacial score (nSPS) is 11.0. The molecule has 0 aromatic heterocycles. The summed E-state index contributed by atoms with van der Waals surface area (Å²) in [6.45, 7) is 2.14. The molecule has 9 heteroatoms. The lowest BCUT2D eigenvalue weighted by atomic mass is 10.2. The highest BCUT2D eigenvalue weighted by Gasteiger charge is 2.27. The predicted octanol–water partition coefficient (Wildman–Crippen LogP) is 4.26. The number of ether oxygens (including phenoxy) is 2. The molecule has 0 heterocycles. The summed E-state index contributed by atoms with van der Waals surface area (Å²) in [7, 11) is -2.56. The van der Waals surface area contributed by atoms with Crippen molar-refractivity contribution in [2.24, 2.45) is 0 Å². The first kappa shape index (κ1) is 24.4. The molecule has 0 atom stereocenters. The maximum atomic E-state index is 13.4. The Morgan fingerprint density at radius 3 is 2.42 bits per heavy atom. The molecule has 0 spiro atoms. The van der Waals surface area contributed by atoms with Crippen LogP contribution in [0.4, 0.5) is 5.69 Å². The van der Waals surface area contributed by atoms with Gasteiger partial charge in [-0.2, -0.15) is 0 Å². The first-order valence-corrected chi connectivity index (χ1v) is 12.1. The van der Waals surface area contributed by atoms with Crippen LogP contribution in [0, 0.1) is 0 Å². The van der Waals surface area contributed by atoms with Gasteiger partial charge in [0.2, 0.25) is 5.91 Å². The lowest BCUT2D eigenvalue weighted by Gasteiger charge is -2.24. The van der Waals surface area contributed by atoms with Crippen molar-refractivity contribution in [2.45, 2.75) is 18.4 Å². The number of methoxy groups -OCH3 is 1. The number of nitrogens with one attached hydrogen (secondary N) is 1. The Kier molecular flexibility index (Phi) is 8.19. The average molecular weight is 489 g/mol. The monoisotopic (exact) mass is 488 g/mol. The molecule has 0 unspecified atom stereocenters. The number of carbonyl (C=O) groups excluding carboxylic acids is 1. The summed E-state index contributed by atoms with van der Waals surface area (Å²) in [6.07, 6.45) is 0. The van der Waals surface area contributed by atoms with Crippen LogP contribution < -0.4 is 19.1 Å². The summed E-state index contributed by atoms with van der Waals surface area (Å²) in [5.41, 5.74) is 1.07. The summed E-state index contributed by atoms with van der Waals surface area (Å²) >= 11 is 6.10. The van der Waals surface area contributed by atoms with E-state index in [1.54, 1.807) is 30.3 Å². The van der Waals surface area contributed by atoms with Crippen LogP contribution in [0.3, 0.4) is 0 Å². The van der Waals surface area contributed by atoms with E-state index in [2.05, 4.69) is 5.32 Å². The fraction of sp³-hybridized carbons (Fsp3) is 0.208. The van der Waals surface area contributed by atoms with Crippen LogP contribution in [0.5, 0.6) is 11.5 Å². The summed E-state index contributed by atoms with van der Waals surface area (Å²) in [5.74, 6) is 0.713. The van der Waals surface area contributed by atoms with Crippen molar-refractivity contribution in [3.8, 4) is 11.5 Å². The number of anilines is 1. The number of nitrogens with zero attached hydrogens (tertiary/aromatic N) is 1. The molecular weight excluding hydrogens is 464 g/mol. The number of hydrogen-bond donors (Lipinski definition) is 1. The summed E-state index contributed by atoms with van der Waals surface area (Å²) in [5, 5.41) is 3.13. The van der Waals surface area contributed by atoms with E-state index < -0.39 is 22.5 Å². The van der Waals surface area contributed by atoms with Gasteiger partial charge in [0.25, 0.3) is 10.0 Å². The molecule has 3 rings (SSSR count). The Balaban J connectivity index is 1.85. The van der Waals surface area contributed by atoms with Gasteiger partial charge >= 0.3 is 0 Å². The van der Waals surface area contributed by atoms with Crippen LogP contribution in [0.25, 0.3) is 0 Å². The fourth-order valence-corrected chi connectivity index (χ4v) is 4.74. The van der Waals surface area contributed by atoms with E-state index in [0.717, 1.165) is 9.87 Å². The Bertz CT molecular complexity index is 1200. The first-order chi connectivity index (χ1) is 15.8. The fourth-order valence-electron chi connectivity index (χ4n) is 3.15. The second-order valence-electron chi connectivity index (χ2n) is 6.98. The molecule has 33 heavy (non-hydrogen) atoms. The highest BCUT2D eigenvalue weighted by Crippen LogP contribution is 2.27. The van der Waals surface area contributed by atoms with Crippen LogP contribution in [0.2, 0.25) is 5.02 Å². The van der Waals surface area contributed by atoms with E-state index in [4.69, 9.17) is 21.1 Å². The number of para-hydroxylation sites is 1. The number of halogens is 1. The molecule has 3 aromatic rings. The van der Waals surface area contributed by atoms with E-state index in [0.29, 0.717) is 23.1 Å². The molecule has 0 radical (unpaired) electrons. The van der Waals surface area contributed by atoms with E-state index in [9.17, 15) is 13.2 Å². The highest BCUT2D eigenvalue weighted by molar-refractivity contribution is 7.92. The maximum absolute atomic E-state index is 13.4. The van der Waals surface area contributed by atoms with Gasteiger partial charge in [-0.25, -0.2) is 8.42 Å². The van der Waals surface area contributed by atoms with Crippen LogP contribution in [-0.4, -0.2) is 34.6 Å². The first-order valence-electron chi connectivity index (χ1n) is 10.2. The van der Waals surface area contributed by atoms with Gasteiger partial charge in [-0.15, -0.1) is 0 Å². The molecule has 1 N–H and O–H groups in total. The van der Waals surface area contributed by atoms with Gasteiger partial charge in [0.05, 0.1) is 24.3 Å². The molecule has 174 valence electrons. The quantitative estimate of drug-likeness (QED) is 0.461. The number of hydrogen-bond acceptors (Lipinski definition) is 5.